The van der Waals surface area contributed by atoms with Crippen molar-refractivity contribution in [3.8, 4) is 0 Å². The van der Waals surface area contributed by atoms with Crippen molar-refractivity contribution in [1.29, 1.82) is 0 Å². The second kappa shape index (κ2) is 9.81. The summed E-state index contributed by atoms with van der Waals surface area (Å²) in [6.45, 7) is 5.63. The van der Waals surface area contributed by atoms with Crippen LogP contribution in [0.2, 0.25) is 0 Å². The average molecular weight is 428 g/mol. The van der Waals surface area contributed by atoms with Crippen LogP contribution in [0, 0.1) is 5.92 Å². The summed E-state index contributed by atoms with van der Waals surface area (Å²) in [4.78, 5) is 38.4. The topological polar surface area (TPSA) is 75.7 Å². The van der Waals surface area contributed by atoms with Gasteiger partial charge in [-0.3, -0.25) is 19.3 Å². The van der Waals surface area contributed by atoms with Crippen molar-refractivity contribution in [1.82, 2.24) is 10.2 Å². The number of nitrogens with one attached hydrogen (secondary N) is 1. The summed E-state index contributed by atoms with van der Waals surface area (Å²) in [6, 6.07) is -1.46. The fourth-order valence-corrected chi connectivity index (χ4v) is 3.05. The lowest BCUT2D eigenvalue weighted by atomic mass is 10.0. The van der Waals surface area contributed by atoms with Gasteiger partial charge < -0.3 is 10.1 Å². The van der Waals surface area contributed by atoms with Gasteiger partial charge in [-0.15, -0.1) is 0 Å². The molecule has 1 heterocycles. The number of halogens is 3. The first-order chi connectivity index (χ1) is 12.0. The van der Waals surface area contributed by atoms with Gasteiger partial charge in [-0.2, -0.15) is 0 Å². The molecule has 1 N–H and O–H groups in total. The number of carbonyl (C=O) groups is 3. The van der Waals surface area contributed by atoms with E-state index in [4.69, 9.17) is 39.5 Å². The Hall–Kier alpha value is -0.980. The van der Waals surface area contributed by atoms with E-state index in [1.54, 1.807) is 6.92 Å². The van der Waals surface area contributed by atoms with E-state index in [1.165, 1.54) is 13.2 Å². The molecule has 0 spiro atoms. The van der Waals surface area contributed by atoms with Crippen molar-refractivity contribution in [3.63, 3.8) is 0 Å². The molecule has 0 unspecified atom stereocenters. The molecular formula is C17H25Cl3N2O4. The van der Waals surface area contributed by atoms with Crippen LogP contribution in [0.15, 0.2) is 11.8 Å². The zero-order chi connectivity index (χ0) is 20.1. The molecule has 0 saturated heterocycles. The van der Waals surface area contributed by atoms with E-state index >= 15 is 0 Å². The van der Waals surface area contributed by atoms with Crippen LogP contribution in [0.3, 0.4) is 0 Å². The molecule has 2 atom stereocenters. The van der Waals surface area contributed by atoms with Crippen LogP contribution in [-0.4, -0.2) is 45.6 Å². The molecule has 1 aliphatic heterocycles. The Bertz CT molecular complexity index is 573. The van der Waals surface area contributed by atoms with Crippen molar-refractivity contribution in [2.24, 2.45) is 5.92 Å². The molecular weight excluding hydrogens is 403 g/mol. The first-order valence-corrected chi connectivity index (χ1v) is 9.62. The van der Waals surface area contributed by atoms with Gasteiger partial charge in [0.05, 0.1) is 13.2 Å². The molecule has 6 nitrogen and oxygen atoms in total. The third kappa shape index (κ3) is 6.63. The second-order valence-corrected chi connectivity index (χ2v) is 9.09. The molecule has 0 saturated carbocycles. The Morgan fingerprint density at radius 1 is 1.35 bits per heavy atom. The Morgan fingerprint density at radius 3 is 2.42 bits per heavy atom. The van der Waals surface area contributed by atoms with Crippen LogP contribution in [-0.2, 0) is 19.1 Å². The lowest BCUT2D eigenvalue weighted by Gasteiger charge is -2.30. The number of alkyl halides is 3. The van der Waals surface area contributed by atoms with E-state index in [0.29, 0.717) is 12.2 Å². The van der Waals surface area contributed by atoms with Crippen LogP contribution in [0.25, 0.3) is 0 Å². The molecule has 26 heavy (non-hydrogen) atoms. The predicted molar refractivity (Wildman–Crippen MR) is 102 cm³/mol. The van der Waals surface area contributed by atoms with E-state index < -0.39 is 27.7 Å². The first-order valence-electron chi connectivity index (χ1n) is 8.48. The van der Waals surface area contributed by atoms with Gasteiger partial charge in [0.2, 0.25) is 5.91 Å². The lowest BCUT2D eigenvalue weighted by molar-refractivity contribution is -0.146. The monoisotopic (exact) mass is 426 g/mol. The van der Waals surface area contributed by atoms with Crippen LogP contribution in [0.4, 0.5) is 0 Å². The highest BCUT2D eigenvalue weighted by Crippen LogP contribution is 2.33. The minimum absolute atomic E-state index is 0.0551. The summed E-state index contributed by atoms with van der Waals surface area (Å²) >= 11 is 17.3. The van der Waals surface area contributed by atoms with Crippen molar-refractivity contribution >= 4 is 52.5 Å². The summed E-state index contributed by atoms with van der Waals surface area (Å²) in [6.07, 6.45) is 2.21. The second-order valence-electron chi connectivity index (χ2n) is 6.57. The average Bonchev–Trinajstić information content (AvgIpc) is 2.84. The van der Waals surface area contributed by atoms with E-state index in [0.717, 1.165) is 4.90 Å². The summed E-state index contributed by atoms with van der Waals surface area (Å²) in [5.41, 5.74) is 0. The van der Waals surface area contributed by atoms with E-state index in [-0.39, 0.29) is 31.1 Å². The Labute approximate surface area is 169 Å². The maximum absolute atomic E-state index is 13.0. The lowest BCUT2D eigenvalue weighted by Crippen LogP contribution is -2.52. The number of methoxy groups -OCH3 is 1. The Kier molecular flexibility index (Phi) is 8.70. The maximum Gasteiger partial charge on any atom is 0.257 e. The summed E-state index contributed by atoms with van der Waals surface area (Å²) in [7, 11) is 1.46. The zero-order valence-electron chi connectivity index (χ0n) is 15.4. The largest absolute Gasteiger partial charge is 0.499 e. The standard InChI is InChI=1S/C17H25Cl3N2O4/c1-5-14(23)21-11(6-7-17(18,19)20)16(25)22-12(8-10(2)3)13(26-4)9-15(22)24/h9-12H,5-8H2,1-4H3,(H,21,23)/t11-,12-/m0/s1. The minimum atomic E-state index is -1.56. The molecule has 0 radical (unpaired) electrons. The number of hydrogen-bond acceptors (Lipinski definition) is 4. The number of nitrogens with zero attached hydrogens (tertiary/aromatic N) is 1. The summed E-state index contributed by atoms with van der Waals surface area (Å²) in [5, 5.41) is 2.62. The van der Waals surface area contributed by atoms with E-state index in [9.17, 15) is 14.4 Å². The SMILES string of the molecule is CCC(=O)N[C@@H](CCC(Cl)(Cl)Cl)C(=O)N1C(=O)C=C(OC)[C@@H]1CC(C)C. The van der Waals surface area contributed by atoms with Crippen LogP contribution < -0.4 is 5.32 Å². The predicted octanol–water partition coefficient (Wildman–Crippen LogP) is 3.35. The van der Waals surface area contributed by atoms with Crippen molar-refractivity contribution < 1.29 is 19.1 Å². The number of carbonyl (C=O) groups excluding carboxylic acids is 3. The molecule has 0 bridgehead atoms. The summed E-state index contributed by atoms with van der Waals surface area (Å²) in [5.74, 6) is -0.662. The van der Waals surface area contributed by atoms with Gasteiger partial charge in [-0.05, 0) is 25.2 Å². The van der Waals surface area contributed by atoms with Crippen LogP contribution >= 0.6 is 34.8 Å². The van der Waals surface area contributed by atoms with Crippen molar-refractivity contribution in [2.45, 2.75) is 62.3 Å². The fraction of sp³-hybridized carbons (Fsp3) is 0.706. The minimum Gasteiger partial charge on any atom is -0.499 e. The number of hydrogen-bond donors (Lipinski definition) is 1. The van der Waals surface area contributed by atoms with Gasteiger partial charge in [-0.25, -0.2) is 0 Å². The van der Waals surface area contributed by atoms with Gasteiger partial charge in [0.25, 0.3) is 11.8 Å². The summed E-state index contributed by atoms with van der Waals surface area (Å²) < 4.78 is 3.71. The van der Waals surface area contributed by atoms with Gasteiger partial charge in [0.1, 0.15) is 11.8 Å². The third-order valence-electron chi connectivity index (χ3n) is 3.98. The van der Waals surface area contributed by atoms with Crippen LogP contribution in [0.5, 0.6) is 0 Å². The van der Waals surface area contributed by atoms with E-state index in [2.05, 4.69) is 5.32 Å². The molecule has 0 fully saturated rings. The quantitative estimate of drug-likeness (QED) is 0.603. The number of rotatable bonds is 8. The molecule has 0 aromatic rings. The fourth-order valence-electron chi connectivity index (χ4n) is 2.72. The van der Waals surface area contributed by atoms with Gasteiger partial charge in [0, 0.05) is 12.5 Å². The maximum atomic E-state index is 13.0. The van der Waals surface area contributed by atoms with Gasteiger partial charge in [0.15, 0.2) is 3.79 Å². The zero-order valence-corrected chi connectivity index (χ0v) is 17.6. The molecule has 1 rings (SSSR count). The normalized spacial score (nSPS) is 18.8. The Balaban J connectivity index is 3.05. The molecule has 0 aliphatic carbocycles. The van der Waals surface area contributed by atoms with Crippen LogP contribution in [0.1, 0.15) is 46.5 Å². The number of ether oxygens (including phenoxy) is 1. The first kappa shape index (κ1) is 23.1. The van der Waals surface area contributed by atoms with Gasteiger partial charge in [-0.1, -0.05) is 55.6 Å². The molecule has 3 amide bonds. The highest BCUT2D eigenvalue weighted by atomic mass is 35.6. The number of imide groups is 1. The van der Waals surface area contributed by atoms with E-state index in [1.807, 2.05) is 13.8 Å². The van der Waals surface area contributed by atoms with Crippen molar-refractivity contribution in [2.75, 3.05) is 7.11 Å². The molecule has 9 heteroatoms. The molecule has 1 aliphatic rings. The highest BCUT2D eigenvalue weighted by molar-refractivity contribution is 6.67. The van der Waals surface area contributed by atoms with Gasteiger partial charge >= 0.3 is 0 Å². The molecule has 0 aromatic heterocycles. The Morgan fingerprint density at radius 2 is 1.96 bits per heavy atom. The number of amides is 3. The highest BCUT2D eigenvalue weighted by Gasteiger charge is 2.41. The molecule has 148 valence electrons. The third-order valence-corrected chi connectivity index (χ3v) is 4.55. The van der Waals surface area contributed by atoms with Crippen molar-refractivity contribution in [3.05, 3.63) is 11.8 Å². The molecule has 0 aromatic carbocycles. The smallest absolute Gasteiger partial charge is 0.257 e.